The molecule has 0 spiro atoms. The lowest BCUT2D eigenvalue weighted by Gasteiger charge is -2.18. The van der Waals surface area contributed by atoms with E-state index in [1.807, 2.05) is 6.92 Å². The highest BCUT2D eigenvalue weighted by Gasteiger charge is 2.32. The lowest BCUT2D eigenvalue weighted by atomic mass is 10.1. The minimum atomic E-state index is -3.64. The van der Waals surface area contributed by atoms with Crippen molar-refractivity contribution in [3.05, 3.63) is 50.9 Å². The first-order chi connectivity index (χ1) is 9.89. The monoisotopic (exact) mass is 324 g/mol. The summed E-state index contributed by atoms with van der Waals surface area (Å²) in [7, 11) is -3.64. The number of thiophene rings is 1. The van der Waals surface area contributed by atoms with Gasteiger partial charge in [-0.05, 0) is 31.0 Å². The van der Waals surface area contributed by atoms with Crippen LogP contribution in [0.2, 0.25) is 0 Å². The van der Waals surface area contributed by atoms with Crippen molar-refractivity contribution in [1.29, 1.82) is 0 Å². The molecule has 0 fully saturated rings. The predicted octanol–water partition coefficient (Wildman–Crippen LogP) is 2.72. The van der Waals surface area contributed by atoms with E-state index < -0.39 is 14.9 Å². The van der Waals surface area contributed by atoms with Crippen molar-refractivity contribution in [3.63, 3.8) is 0 Å². The molecule has 1 aromatic carbocycles. The molecule has 0 N–H and O–H groups in total. The molecule has 110 valence electrons. The second-order valence-corrected chi connectivity index (χ2v) is 8.14. The van der Waals surface area contributed by atoms with Crippen molar-refractivity contribution in [2.75, 3.05) is 10.8 Å². The average molecular weight is 324 g/mol. The van der Waals surface area contributed by atoms with E-state index in [0.29, 0.717) is 18.7 Å². The Balaban J connectivity index is 2.08. The third kappa shape index (κ3) is 2.30. The molecule has 0 saturated carbocycles. The third-order valence-electron chi connectivity index (χ3n) is 3.39. The van der Waals surface area contributed by atoms with Crippen LogP contribution in [0, 0.1) is 17.0 Å². The van der Waals surface area contributed by atoms with E-state index in [9.17, 15) is 18.5 Å². The zero-order valence-corrected chi connectivity index (χ0v) is 12.8. The molecule has 0 saturated heterocycles. The summed E-state index contributed by atoms with van der Waals surface area (Å²) >= 11 is 1.20. The highest BCUT2D eigenvalue weighted by Crippen LogP contribution is 2.36. The van der Waals surface area contributed by atoms with Gasteiger partial charge in [0.15, 0.2) is 0 Å². The summed E-state index contributed by atoms with van der Waals surface area (Å²) in [6.07, 6.45) is 0.566. The van der Waals surface area contributed by atoms with Crippen molar-refractivity contribution in [1.82, 2.24) is 0 Å². The van der Waals surface area contributed by atoms with Crippen molar-refractivity contribution >= 4 is 32.7 Å². The van der Waals surface area contributed by atoms with Crippen molar-refractivity contribution < 1.29 is 13.3 Å². The number of fused-ring (bicyclic) bond motifs is 1. The number of nitro benzene ring substituents is 1. The SMILES string of the molecule is Cc1ccc(S(=O)(=O)N2CCc3ccc([N+](=O)[O-])cc32)s1. The molecule has 1 aromatic heterocycles. The molecule has 0 amide bonds. The summed E-state index contributed by atoms with van der Waals surface area (Å²) in [6, 6.07) is 7.69. The summed E-state index contributed by atoms with van der Waals surface area (Å²) < 4.78 is 26.8. The molecule has 0 radical (unpaired) electrons. The van der Waals surface area contributed by atoms with Gasteiger partial charge in [-0.3, -0.25) is 14.4 Å². The smallest absolute Gasteiger partial charge is 0.265 e. The Morgan fingerprint density at radius 2 is 2.05 bits per heavy atom. The number of nitro groups is 1. The van der Waals surface area contributed by atoms with Gasteiger partial charge in [-0.25, -0.2) is 8.42 Å². The maximum atomic E-state index is 12.7. The number of rotatable bonds is 3. The predicted molar refractivity (Wildman–Crippen MR) is 80.4 cm³/mol. The molecule has 2 aromatic rings. The first-order valence-corrected chi connectivity index (χ1v) is 8.52. The van der Waals surface area contributed by atoms with Crippen LogP contribution in [0.25, 0.3) is 0 Å². The Morgan fingerprint density at radius 1 is 1.29 bits per heavy atom. The number of non-ortho nitro benzene ring substituents is 1. The molecule has 21 heavy (non-hydrogen) atoms. The number of benzene rings is 1. The summed E-state index contributed by atoms with van der Waals surface area (Å²) in [5.74, 6) is 0. The molecule has 0 aliphatic carbocycles. The van der Waals surface area contributed by atoms with Gasteiger partial charge >= 0.3 is 0 Å². The third-order valence-corrected chi connectivity index (χ3v) is 6.67. The summed E-state index contributed by atoms with van der Waals surface area (Å²) in [5.41, 5.74) is 1.13. The highest BCUT2D eigenvalue weighted by molar-refractivity contribution is 7.94. The summed E-state index contributed by atoms with van der Waals surface area (Å²) in [5, 5.41) is 10.9. The maximum Gasteiger partial charge on any atom is 0.273 e. The van der Waals surface area contributed by atoms with Crippen LogP contribution in [0.5, 0.6) is 0 Å². The van der Waals surface area contributed by atoms with E-state index in [0.717, 1.165) is 10.4 Å². The Morgan fingerprint density at radius 3 is 2.67 bits per heavy atom. The molecular weight excluding hydrogens is 312 g/mol. The maximum absolute atomic E-state index is 12.7. The lowest BCUT2D eigenvalue weighted by molar-refractivity contribution is -0.384. The second kappa shape index (κ2) is 4.81. The molecule has 2 heterocycles. The Labute approximate surface area is 125 Å². The van der Waals surface area contributed by atoms with Gasteiger partial charge in [-0.1, -0.05) is 6.07 Å². The molecule has 0 unspecified atom stereocenters. The Bertz CT molecular complexity index is 826. The molecule has 6 nitrogen and oxygen atoms in total. The van der Waals surface area contributed by atoms with Gasteiger partial charge in [0.2, 0.25) is 0 Å². The normalized spacial score (nSPS) is 14.2. The fraction of sp³-hybridized carbons (Fsp3) is 0.231. The van der Waals surface area contributed by atoms with E-state index in [4.69, 9.17) is 0 Å². The highest BCUT2D eigenvalue weighted by atomic mass is 32.2. The van der Waals surface area contributed by atoms with Crippen LogP contribution in [0.4, 0.5) is 11.4 Å². The van der Waals surface area contributed by atoms with Crippen LogP contribution in [-0.4, -0.2) is 19.9 Å². The number of anilines is 1. The summed E-state index contributed by atoms with van der Waals surface area (Å²) in [4.78, 5) is 11.3. The van der Waals surface area contributed by atoms with E-state index in [1.54, 1.807) is 18.2 Å². The van der Waals surface area contributed by atoms with Crippen LogP contribution in [-0.2, 0) is 16.4 Å². The van der Waals surface area contributed by atoms with E-state index in [2.05, 4.69) is 0 Å². The molecular formula is C13H12N2O4S2. The van der Waals surface area contributed by atoms with E-state index in [-0.39, 0.29) is 9.90 Å². The molecule has 3 rings (SSSR count). The van der Waals surface area contributed by atoms with Gasteiger partial charge in [-0.2, -0.15) is 0 Å². The fourth-order valence-corrected chi connectivity index (χ4v) is 5.25. The number of aryl methyl sites for hydroxylation is 1. The minimum absolute atomic E-state index is 0.0989. The summed E-state index contributed by atoms with van der Waals surface area (Å²) in [6.45, 7) is 2.15. The number of hydrogen-bond donors (Lipinski definition) is 0. The fourth-order valence-electron chi connectivity index (χ4n) is 2.36. The standard InChI is InChI=1S/C13H12N2O4S2/c1-9-2-5-13(20-9)21(18,19)14-7-6-10-3-4-11(15(16)17)8-12(10)14/h2-5,8H,6-7H2,1H3. The van der Waals surface area contributed by atoms with Crippen molar-refractivity contribution in [2.45, 2.75) is 17.6 Å². The average Bonchev–Trinajstić information content (AvgIpc) is 3.04. The zero-order valence-electron chi connectivity index (χ0n) is 11.1. The second-order valence-electron chi connectivity index (χ2n) is 4.76. The van der Waals surface area contributed by atoms with Gasteiger partial charge < -0.3 is 0 Å². The molecule has 1 aliphatic rings. The first-order valence-electron chi connectivity index (χ1n) is 6.26. The lowest BCUT2D eigenvalue weighted by Crippen LogP contribution is -2.28. The van der Waals surface area contributed by atoms with Gasteiger partial charge in [0.1, 0.15) is 4.21 Å². The molecule has 0 bridgehead atoms. The minimum Gasteiger partial charge on any atom is -0.265 e. The quantitative estimate of drug-likeness (QED) is 0.642. The van der Waals surface area contributed by atoms with Crippen LogP contribution in [0.15, 0.2) is 34.5 Å². The topological polar surface area (TPSA) is 80.5 Å². The molecule has 1 aliphatic heterocycles. The first kappa shape index (κ1) is 14.0. The Hall–Kier alpha value is -1.93. The zero-order chi connectivity index (χ0) is 15.2. The van der Waals surface area contributed by atoms with Crippen LogP contribution >= 0.6 is 11.3 Å². The number of hydrogen-bond acceptors (Lipinski definition) is 5. The Kier molecular flexibility index (Phi) is 3.22. The number of nitrogens with zero attached hydrogens (tertiary/aromatic N) is 2. The molecule has 8 heteroatoms. The largest absolute Gasteiger partial charge is 0.273 e. The van der Waals surface area contributed by atoms with Crippen LogP contribution in [0.1, 0.15) is 10.4 Å². The van der Waals surface area contributed by atoms with Crippen molar-refractivity contribution in [2.24, 2.45) is 0 Å². The van der Waals surface area contributed by atoms with E-state index in [1.165, 1.54) is 27.8 Å². The van der Waals surface area contributed by atoms with Gasteiger partial charge in [0.05, 0.1) is 10.6 Å². The van der Waals surface area contributed by atoms with Crippen LogP contribution in [0.3, 0.4) is 0 Å². The van der Waals surface area contributed by atoms with Crippen molar-refractivity contribution in [3.8, 4) is 0 Å². The van der Waals surface area contributed by atoms with E-state index >= 15 is 0 Å². The van der Waals surface area contributed by atoms with Gasteiger partial charge in [-0.15, -0.1) is 11.3 Å². The van der Waals surface area contributed by atoms with Gasteiger partial charge in [0.25, 0.3) is 15.7 Å². The van der Waals surface area contributed by atoms with Gasteiger partial charge in [0, 0.05) is 23.6 Å². The van der Waals surface area contributed by atoms with Crippen LogP contribution < -0.4 is 4.31 Å². The molecule has 0 atom stereocenters. The number of sulfonamides is 1.